The summed E-state index contributed by atoms with van der Waals surface area (Å²) in [5.41, 5.74) is 2.65. The van der Waals surface area contributed by atoms with E-state index >= 15 is 0 Å². The zero-order valence-corrected chi connectivity index (χ0v) is 12.9. The summed E-state index contributed by atoms with van der Waals surface area (Å²) in [6.45, 7) is 1.26. The predicted molar refractivity (Wildman–Crippen MR) is 85.5 cm³/mol. The summed E-state index contributed by atoms with van der Waals surface area (Å²) < 4.78 is 0. The topological polar surface area (TPSA) is 23.5 Å². The van der Waals surface area contributed by atoms with Crippen molar-refractivity contribution in [3.8, 4) is 5.75 Å². The summed E-state index contributed by atoms with van der Waals surface area (Å²) in [5.74, 6) is 1.46. The number of benzene rings is 1. The highest BCUT2D eigenvalue weighted by Gasteiger charge is 2.38. The average molecular weight is 285 g/mol. The third-order valence-electron chi connectivity index (χ3n) is 6.14. The molecule has 2 aliphatic carbocycles. The Morgan fingerprint density at radius 2 is 1.81 bits per heavy atom. The van der Waals surface area contributed by atoms with Gasteiger partial charge in [0.15, 0.2) is 0 Å². The number of phenols is 1. The standard InChI is InChI=1S/C19H27NO/c21-19-12-4-8-15-16(19)9-3-11-18(15)20-13-5-7-14-6-1-2-10-17(14)20/h4,8,12,14,17-18,21H,1-3,5-7,9-11,13H2/t14-,17-,18?/m1/s1. The molecule has 0 spiro atoms. The van der Waals surface area contributed by atoms with Crippen LogP contribution in [0.4, 0.5) is 0 Å². The van der Waals surface area contributed by atoms with E-state index < -0.39 is 0 Å². The van der Waals surface area contributed by atoms with Crippen LogP contribution in [0, 0.1) is 5.92 Å². The lowest BCUT2D eigenvalue weighted by atomic mass is 9.76. The number of likely N-dealkylation sites (tertiary alicyclic amines) is 1. The van der Waals surface area contributed by atoms with Crippen LogP contribution in [0.5, 0.6) is 5.75 Å². The molecule has 0 aromatic heterocycles. The Balaban J connectivity index is 1.66. The van der Waals surface area contributed by atoms with Crippen LogP contribution in [0.1, 0.15) is 68.5 Å². The van der Waals surface area contributed by atoms with Crippen molar-refractivity contribution in [2.45, 2.75) is 69.9 Å². The van der Waals surface area contributed by atoms with Crippen molar-refractivity contribution in [1.29, 1.82) is 0 Å². The number of phenolic OH excluding ortho intramolecular Hbond substituents is 1. The molecule has 1 heterocycles. The fourth-order valence-electron chi connectivity index (χ4n) is 5.20. The van der Waals surface area contributed by atoms with Gasteiger partial charge in [-0.25, -0.2) is 0 Å². The molecule has 1 saturated carbocycles. The lowest BCUT2D eigenvalue weighted by Crippen LogP contribution is -2.48. The molecule has 1 saturated heterocycles. The van der Waals surface area contributed by atoms with Gasteiger partial charge in [0.25, 0.3) is 0 Å². The van der Waals surface area contributed by atoms with Crippen LogP contribution < -0.4 is 0 Å². The van der Waals surface area contributed by atoms with Crippen molar-refractivity contribution >= 4 is 0 Å². The Morgan fingerprint density at radius 1 is 0.952 bits per heavy atom. The number of rotatable bonds is 1. The van der Waals surface area contributed by atoms with Gasteiger partial charge in [0.05, 0.1) is 0 Å². The van der Waals surface area contributed by atoms with Crippen molar-refractivity contribution in [1.82, 2.24) is 4.90 Å². The normalized spacial score (nSPS) is 33.2. The molecule has 1 aromatic carbocycles. The third kappa shape index (κ3) is 2.38. The molecular weight excluding hydrogens is 258 g/mol. The van der Waals surface area contributed by atoms with Gasteiger partial charge in [-0.05, 0) is 74.6 Å². The fourth-order valence-corrected chi connectivity index (χ4v) is 5.20. The molecule has 1 unspecified atom stereocenters. The van der Waals surface area contributed by atoms with Crippen molar-refractivity contribution < 1.29 is 5.11 Å². The van der Waals surface area contributed by atoms with E-state index in [1.165, 1.54) is 69.0 Å². The highest BCUT2D eigenvalue weighted by molar-refractivity contribution is 5.42. The molecule has 1 N–H and O–H groups in total. The SMILES string of the molecule is Oc1cccc2c1CCCC2N1CCC[C@H]2CCCC[C@H]21. The van der Waals surface area contributed by atoms with E-state index in [2.05, 4.69) is 11.0 Å². The molecule has 1 aromatic rings. The zero-order chi connectivity index (χ0) is 14.2. The summed E-state index contributed by atoms with van der Waals surface area (Å²) >= 11 is 0. The molecule has 4 rings (SSSR count). The Labute approximate surface area is 128 Å². The maximum absolute atomic E-state index is 10.2. The minimum absolute atomic E-state index is 0.523. The molecule has 1 aliphatic heterocycles. The summed E-state index contributed by atoms with van der Waals surface area (Å²) in [6.07, 6.45) is 12.1. The number of hydrogen-bond acceptors (Lipinski definition) is 2. The fraction of sp³-hybridized carbons (Fsp3) is 0.684. The van der Waals surface area contributed by atoms with Crippen LogP contribution in [0.3, 0.4) is 0 Å². The van der Waals surface area contributed by atoms with Crippen LogP contribution >= 0.6 is 0 Å². The van der Waals surface area contributed by atoms with Gasteiger partial charge in [-0.3, -0.25) is 4.90 Å². The summed E-state index contributed by atoms with van der Waals surface area (Å²) in [4.78, 5) is 2.82. The lowest BCUT2D eigenvalue weighted by Gasteiger charge is -2.49. The second-order valence-corrected chi connectivity index (χ2v) is 7.24. The van der Waals surface area contributed by atoms with Gasteiger partial charge in [-0.1, -0.05) is 25.0 Å². The van der Waals surface area contributed by atoms with Crippen molar-refractivity contribution in [3.63, 3.8) is 0 Å². The number of nitrogens with zero attached hydrogens (tertiary/aromatic N) is 1. The molecule has 3 aliphatic rings. The highest BCUT2D eigenvalue weighted by atomic mass is 16.3. The zero-order valence-electron chi connectivity index (χ0n) is 12.9. The molecule has 21 heavy (non-hydrogen) atoms. The number of fused-ring (bicyclic) bond motifs is 2. The summed E-state index contributed by atoms with van der Waals surface area (Å²) in [6, 6.07) is 7.54. The average Bonchev–Trinajstić information content (AvgIpc) is 2.54. The van der Waals surface area contributed by atoms with Crippen LogP contribution in [0.2, 0.25) is 0 Å². The van der Waals surface area contributed by atoms with Crippen LogP contribution in [-0.4, -0.2) is 22.6 Å². The van der Waals surface area contributed by atoms with Gasteiger partial charge in [0, 0.05) is 12.1 Å². The second-order valence-electron chi connectivity index (χ2n) is 7.24. The molecule has 0 radical (unpaired) electrons. The van der Waals surface area contributed by atoms with Gasteiger partial charge in [0.2, 0.25) is 0 Å². The monoisotopic (exact) mass is 285 g/mol. The Morgan fingerprint density at radius 3 is 2.76 bits per heavy atom. The number of hydrogen-bond donors (Lipinski definition) is 1. The first-order chi connectivity index (χ1) is 10.3. The minimum Gasteiger partial charge on any atom is -0.508 e. The molecule has 2 nitrogen and oxygen atoms in total. The summed E-state index contributed by atoms with van der Waals surface area (Å²) in [5, 5.41) is 10.2. The van der Waals surface area contributed by atoms with Crippen molar-refractivity contribution in [2.24, 2.45) is 5.92 Å². The molecular formula is C19H27NO. The van der Waals surface area contributed by atoms with Gasteiger partial charge < -0.3 is 5.11 Å². The van der Waals surface area contributed by atoms with Crippen LogP contribution in [0.15, 0.2) is 18.2 Å². The van der Waals surface area contributed by atoms with E-state index in [1.807, 2.05) is 12.1 Å². The Bertz CT molecular complexity index is 510. The minimum atomic E-state index is 0.523. The van der Waals surface area contributed by atoms with E-state index in [0.29, 0.717) is 11.8 Å². The molecule has 114 valence electrons. The van der Waals surface area contributed by atoms with E-state index in [1.54, 1.807) is 0 Å². The Kier molecular flexibility index (Phi) is 3.66. The molecule has 0 bridgehead atoms. The first-order valence-electron chi connectivity index (χ1n) is 8.91. The van der Waals surface area contributed by atoms with E-state index in [9.17, 15) is 5.11 Å². The Hall–Kier alpha value is -1.02. The van der Waals surface area contributed by atoms with Gasteiger partial charge in [0.1, 0.15) is 5.75 Å². The summed E-state index contributed by atoms with van der Waals surface area (Å²) in [7, 11) is 0. The highest BCUT2D eigenvalue weighted by Crippen LogP contribution is 2.44. The quantitative estimate of drug-likeness (QED) is 0.825. The largest absolute Gasteiger partial charge is 0.508 e. The smallest absolute Gasteiger partial charge is 0.119 e. The predicted octanol–water partition coefficient (Wildman–Crippen LogP) is 4.42. The maximum Gasteiger partial charge on any atom is 0.119 e. The van der Waals surface area contributed by atoms with E-state index in [-0.39, 0.29) is 0 Å². The molecule has 2 heteroatoms. The first-order valence-corrected chi connectivity index (χ1v) is 8.91. The van der Waals surface area contributed by atoms with Crippen LogP contribution in [-0.2, 0) is 6.42 Å². The van der Waals surface area contributed by atoms with Gasteiger partial charge >= 0.3 is 0 Å². The van der Waals surface area contributed by atoms with Crippen molar-refractivity contribution in [2.75, 3.05) is 6.54 Å². The molecule has 0 amide bonds. The van der Waals surface area contributed by atoms with E-state index in [0.717, 1.165) is 18.4 Å². The van der Waals surface area contributed by atoms with Gasteiger partial charge in [-0.2, -0.15) is 0 Å². The van der Waals surface area contributed by atoms with E-state index in [4.69, 9.17) is 0 Å². The third-order valence-corrected chi connectivity index (χ3v) is 6.14. The van der Waals surface area contributed by atoms with Crippen molar-refractivity contribution in [3.05, 3.63) is 29.3 Å². The number of aromatic hydroxyl groups is 1. The molecule has 2 fully saturated rings. The maximum atomic E-state index is 10.2. The van der Waals surface area contributed by atoms with Gasteiger partial charge in [-0.15, -0.1) is 0 Å². The molecule has 3 atom stereocenters. The second kappa shape index (κ2) is 5.64. The number of piperidine rings is 1. The first kappa shape index (κ1) is 13.6. The lowest BCUT2D eigenvalue weighted by molar-refractivity contribution is 0.0189. The van der Waals surface area contributed by atoms with Crippen LogP contribution in [0.25, 0.3) is 0 Å².